The third kappa shape index (κ3) is 3.58. The quantitative estimate of drug-likeness (QED) is 0.706. The van der Waals surface area contributed by atoms with Crippen LogP contribution >= 0.6 is 11.3 Å². The number of methoxy groups -OCH3 is 1. The summed E-state index contributed by atoms with van der Waals surface area (Å²) in [6.07, 6.45) is 1.60. The van der Waals surface area contributed by atoms with Crippen molar-refractivity contribution in [3.63, 3.8) is 0 Å². The third-order valence-corrected chi connectivity index (χ3v) is 6.66. The maximum atomic E-state index is 12.5. The second-order valence-corrected chi connectivity index (χ2v) is 8.34. The zero-order valence-electron chi connectivity index (χ0n) is 13.7. The maximum absolute atomic E-state index is 12.5. The normalized spacial score (nSPS) is 13.0. The van der Waals surface area contributed by atoms with E-state index in [0.717, 1.165) is 16.7 Å². The van der Waals surface area contributed by atoms with E-state index in [4.69, 9.17) is 4.74 Å². The van der Waals surface area contributed by atoms with Crippen molar-refractivity contribution in [1.29, 1.82) is 0 Å². The number of nitrogens with one attached hydrogen (secondary N) is 1. The van der Waals surface area contributed by atoms with Crippen LogP contribution < -0.4 is 15.0 Å². The molecule has 0 saturated heterocycles. The predicted molar refractivity (Wildman–Crippen MR) is 96.7 cm³/mol. The van der Waals surface area contributed by atoms with Crippen molar-refractivity contribution in [2.24, 2.45) is 0 Å². The molecule has 25 heavy (non-hydrogen) atoms. The van der Waals surface area contributed by atoms with Gasteiger partial charge in [0, 0.05) is 11.4 Å². The minimum absolute atomic E-state index is 0.112. The largest absolute Gasteiger partial charge is 0.494 e. The Labute approximate surface area is 148 Å². The smallest absolute Gasteiger partial charge is 0.274 e. The lowest BCUT2D eigenvalue weighted by molar-refractivity contribution is 0.405. The zero-order chi connectivity index (χ0) is 18.0. The van der Waals surface area contributed by atoms with Crippen LogP contribution in [0.1, 0.15) is 6.92 Å². The molecule has 0 bridgehead atoms. The van der Waals surface area contributed by atoms with E-state index < -0.39 is 16.1 Å². The molecule has 1 aromatic carbocycles. The minimum Gasteiger partial charge on any atom is -0.494 e. The average Bonchev–Trinajstić information content (AvgIpc) is 3.07. The molecule has 3 aromatic rings. The fourth-order valence-electron chi connectivity index (χ4n) is 2.50. The molecule has 1 unspecified atom stereocenters. The van der Waals surface area contributed by atoms with Crippen LogP contribution in [-0.2, 0) is 16.6 Å². The van der Waals surface area contributed by atoms with Crippen LogP contribution in [0.25, 0.3) is 10.8 Å². The van der Waals surface area contributed by atoms with Crippen LogP contribution in [0, 0.1) is 0 Å². The van der Waals surface area contributed by atoms with Crippen LogP contribution in [0.15, 0.2) is 50.9 Å². The number of rotatable bonds is 6. The zero-order valence-corrected chi connectivity index (χ0v) is 15.3. The van der Waals surface area contributed by atoms with Gasteiger partial charge in [-0.2, -0.15) is 5.10 Å². The first kappa shape index (κ1) is 17.6. The molecule has 1 N–H and O–H groups in total. The molecule has 1 atom stereocenters. The van der Waals surface area contributed by atoms with Crippen LogP contribution in [0.5, 0.6) is 5.75 Å². The molecular weight excluding hydrogens is 362 g/mol. The van der Waals surface area contributed by atoms with Gasteiger partial charge in [-0.3, -0.25) is 4.79 Å². The summed E-state index contributed by atoms with van der Waals surface area (Å²) in [5, 5.41) is 7.07. The number of aromatic nitrogens is 2. The molecule has 0 radical (unpaired) electrons. The Morgan fingerprint density at radius 2 is 2.08 bits per heavy atom. The van der Waals surface area contributed by atoms with Crippen molar-refractivity contribution in [1.82, 2.24) is 14.5 Å². The van der Waals surface area contributed by atoms with Crippen LogP contribution in [-0.4, -0.2) is 31.3 Å². The summed E-state index contributed by atoms with van der Waals surface area (Å²) in [6.45, 7) is 1.80. The lowest BCUT2D eigenvalue weighted by atomic mass is 10.2. The molecule has 9 heteroatoms. The van der Waals surface area contributed by atoms with Crippen molar-refractivity contribution in [2.45, 2.75) is 23.7 Å². The first-order chi connectivity index (χ1) is 11.9. The number of hydrogen-bond acceptors (Lipinski definition) is 6. The lowest BCUT2D eigenvalue weighted by Crippen LogP contribution is -2.38. The Kier molecular flexibility index (Phi) is 4.89. The fraction of sp³-hybridized carbons (Fsp3) is 0.250. The van der Waals surface area contributed by atoms with Gasteiger partial charge < -0.3 is 4.74 Å². The van der Waals surface area contributed by atoms with Crippen LogP contribution in [0.2, 0.25) is 0 Å². The SMILES string of the molecule is COc1ccsc1S(=O)(=O)NC(C)Cn1ncc2ccccc2c1=O. The summed E-state index contributed by atoms with van der Waals surface area (Å²) in [7, 11) is -2.31. The summed E-state index contributed by atoms with van der Waals surface area (Å²) >= 11 is 1.07. The van der Waals surface area contributed by atoms with Gasteiger partial charge in [0.25, 0.3) is 15.6 Å². The van der Waals surface area contributed by atoms with Crippen molar-refractivity contribution in [3.05, 3.63) is 52.3 Å². The molecule has 2 heterocycles. The Bertz CT molecular complexity index is 1060. The molecule has 7 nitrogen and oxygen atoms in total. The van der Waals surface area contributed by atoms with Gasteiger partial charge in [0.05, 0.1) is 25.2 Å². The molecular formula is C16H17N3O4S2. The summed E-state index contributed by atoms with van der Waals surface area (Å²) in [5.74, 6) is 0.297. The van der Waals surface area contributed by atoms with E-state index in [2.05, 4.69) is 9.82 Å². The average molecular weight is 379 g/mol. The highest BCUT2D eigenvalue weighted by atomic mass is 32.2. The van der Waals surface area contributed by atoms with Crippen molar-refractivity contribution in [3.8, 4) is 5.75 Å². The van der Waals surface area contributed by atoms with E-state index in [1.54, 1.807) is 36.7 Å². The van der Waals surface area contributed by atoms with Crippen molar-refractivity contribution >= 4 is 32.1 Å². The molecule has 0 amide bonds. The highest BCUT2D eigenvalue weighted by molar-refractivity contribution is 7.91. The Balaban J connectivity index is 1.82. The second kappa shape index (κ2) is 6.95. The number of nitrogens with zero attached hydrogens (tertiary/aromatic N) is 2. The van der Waals surface area contributed by atoms with E-state index in [-0.39, 0.29) is 16.3 Å². The Morgan fingerprint density at radius 1 is 1.32 bits per heavy atom. The lowest BCUT2D eigenvalue weighted by Gasteiger charge is -2.15. The maximum Gasteiger partial charge on any atom is 0.274 e. The van der Waals surface area contributed by atoms with E-state index in [1.807, 2.05) is 12.1 Å². The molecule has 2 aromatic heterocycles. The van der Waals surface area contributed by atoms with E-state index >= 15 is 0 Å². The van der Waals surface area contributed by atoms with Gasteiger partial charge in [0.1, 0.15) is 5.75 Å². The molecule has 0 saturated carbocycles. The van der Waals surface area contributed by atoms with Gasteiger partial charge in [-0.05, 0) is 24.4 Å². The topological polar surface area (TPSA) is 90.3 Å². The first-order valence-electron chi connectivity index (χ1n) is 7.51. The molecule has 0 spiro atoms. The Hall–Kier alpha value is -2.23. The minimum atomic E-state index is -3.73. The van der Waals surface area contributed by atoms with Gasteiger partial charge >= 0.3 is 0 Å². The van der Waals surface area contributed by atoms with Crippen molar-refractivity contribution < 1.29 is 13.2 Å². The van der Waals surface area contributed by atoms with E-state index in [1.165, 1.54) is 11.8 Å². The van der Waals surface area contributed by atoms with Crippen molar-refractivity contribution in [2.75, 3.05) is 7.11 Å². The summed E-state index contributed by atoms with van der Waals surface area (Å²) in [6, 6.07) is 8.22. The second-order valence-electron chi connectivity index (χ2n) is 5.52. The third-order valence-electron chi connectivity index (χ3n) is 3.62. The highest BCUT2D eigenvalue weighted by Crippen LogP contribution is 2.29. The fourth-order valence-corrected chi connectivity index (χ4v) is 5.03. The predicted octanol–water partition coefficient (Wildman–Crippen LogP) is 1.83. The molecule has 0 aliphatic heterocycles. The monoisotopic (exact) mass is 379 g/mol. The number of thiophene rings is 1. The van der Waals surface area contributed by atoms with Gasteiger partial charge in [-0.15, -0.1) is 11.3 Å². The Morgan fingerprint density at radius 3 is 2.84 bits per heavy atom. The highest BCUT2D eigenvalue weighted by Gasteiger charge is 2.23. The standard InChI is InChI=1S/C16H17N3O4S2/c1-11(18-25(21,22)16-14(23-2)7-8-24-16)10-19-15(20)13-6-4-3-5-12(13)9-17-19/h3-9,11,18H,10H2,1-2H3. The van der Waals surface area contributed by atoms with Crippen LogP contribution in [0.3, 0.4) is 0 Å². The number of hydrogen-bond donors (Lipinski definition) is 1. The number of benzene rings is 1. The first-order valence-corrected chi connectivity index (χ1v) is 9.87. The summed E-state index contributed by atoms with van der Waals surface area (Å²) in [5.41, 5.74) is -0.252. The van der Waals surface area contributed by atoms with Gasteiger partial charge in [0.2, 0.25) is 0 Å². The molecule has 0 fully saturated rings. The van der Waals surface area contributed by atoms with E-state index in [9.17, 15) is 13.2 Å². The van der Waals surface area contributed by atoms with Gasteiger partial charge in [0.15, 0.2) is 4.21 Å². The van der Waals surface area contributed by atoms with Crippen LogP contribution in [0.4, 0.5) is 0 Å². The molecule has 0 aliphatic carbocycles. The van der Waals surface area contributed by atoms with Gasteiger partial charge in [-0.25, -0.2) is 17.8 Å². The summed E-state index contributed by atoms with van der Waals surface area (Å²) < 4.78 is 34.0. The number of fused-ring (bicyclic) bond motifs is 1. The molecule has 132 valence electrons. The number of ether oxygens (including phenoxy) is 1. The summed E-state index contributed by atoms with van der Waals surface area (Å²) in [4.78, 5) is 12.5. The molecule has 0 aliphatic rings. The molecule has 3 rings (SSSR count). The van der Waals surface area contributed by atoms with E-state index in [0.29, 0.717) is 11.1 Å². The number of sulfonamides is 1. The van der Waals surface area contributed by atoms with Gasteiger partial charge in [-0.1, -0.05) is 18.2 Å².